The Morgan fingerprint density at radius 3 is 2.25 bits per heavy atom. The van der Waals surface area contributed by atoms with Gasteiger partial charge in [0.05, 0.1) is 22.4 Å². The van der Waals surface area contributed by atoms with Crippen molar-refractivity contribution in [2.45, 2.75) is 4.90 Å². The molecule has 1 saturated heterocycles. The van der Waals surface area contributed by atoms with Crippen LogP contribution in [0.5, 0.6) is 0 Å². The smallest absolute Gasteiger partial charge is 0.291 e. The van der Waals surface area contributed by atoms with Crippen LogP contribution >= 0.6 is 0 Å². The quantitative estimate of drug-likeness (QED) is 0.635. The van der Waals surface area contributed by atoms with Crippen LogP contribution in [0, 0.1) is 5.82 Å². The lowest BCUT2D eigenvalue weighted by atomic mass is 10.1. The van der Waals surface area contributed by atoms with Crippen LogP contribution in [0.15, 0.2) is 76.2 Å². The van der Waals surface area contributed by atoms with Gasteiger partial charge in [-0.15, -0.1) is 0 Å². The summed E-state index contributed by atoms with van der Waals surface area (Å²) in [5.74, 6) is -1.20. The first-order chi connectivity index (χ1) is 15.4. The van der Waals surface area contributed by atoms with Crippen LogP contribution in [0.3, 0.4) is 0 Å². The lowest BCUT2D eigenvalue weighted by Gasteiger charge is -2.34. The number of benzene rings is 2. The highest BCUT2D eigenvalue weighted by molar-refractivity contribution is 7.89. The number of carbonyl (C=O) groups excluding carboxylic acids is 2. The standard InChI is InChI=1S/C22H20FN3O5S/c23-16-7-9-17(10-8-16)32(29,30)26-13-11-25(12-14-26)22(28)18-4-1-2-5-19(18)24-21(27)20-6-3-15-31-20/h1-10,15H,11-14H2,(H,24,27). The van der Waals surface area contributed by atoms with Gasteiger partial charge in [0, 0.05) is 26.2 Å². The first-order valence-electron chi connectivity index (χ1n) is 9.85. The normalized spacial score (nSPS) is 14.8. The van der Waals surface area contributed by atoms with E-state index in [4.69, 9.17) is 4.42 Å². The van der Waals surface area contributed by atoms with E-state index >= 15 is 0 Å². The predicted molar refractivity (Wildman–Crippen MR) is 114 cm³/mol. The number of halogens is 1. The van der Waals surface area contributed by atoms with E-state index in [1.807, 2.05) is 0 Å². The molecular formula is C22H20FN3O5S. The molecule has 1 fully saturated rings. The summed E-state index contributed by atoms with van der Waals surface area (Å²) in [6, 6.07) is 14.3. The van der Waals surface area contributed by atoms with Crippen molar-refractivity contribution in [1.82, 2.24) is 9.21 Å². The molecule has 0 radical (unpaired) electrons. The molecule has 4 rings (SSSR count). The zero-order valence-electron chi connectivity index (χ0n) is 16.9. The number of rotatable bonds is 5. The average Bonchev–Trinajstić information content (AvgIpc) is 3.35. The van der Waals surface area contributed by atoms with E-state index in [1.54, 1.807) is 30.3 Å². The van der Waals surface area contributed by atoms with Crippen LogP contribution in [0.25, 0.3) is 0 Å². The van der Waals surface area contributed by atoms with Crippen molar-refractivity contribution in [3.63, 3.8) is 0 Å². The number of amides is 2. The van der Waals surface area contributed by atoms with Gasteiger partial charge in [0.2, 0.25) is 10.0 Å². The maximum atomic E-state index is 13.1. The van der Waals surface area contributed by atoms with E-state index in [2.05, 4.69) is 5.32 Å². The van der Waals surface area contributed by atoms with Crippen molar-refractivity contribution in [2.75, 3.05) is 31.5 Å². The molecule has 0 unspecified atom stereocenters. The van der Waals surface area contributed by atoms with E-state index in [9.17, 15) is 22.4 Å². The molecule has 8 nitrogen and oxygen atoms in total. The van der Waals surface area contributed by atoms with E-state index in [-0.39, 0.29) is 42.7 Å². The second kappa shape index (κ2) is 8.93. The van der Waals surface area contributed by atoms with Crippen molar-refractivity contribution >= 4 is 27.5 Å². The van der Waals surface area contributed by atoms with Gasteiger partial charge >= 0.3 is 0 Å². The molecule has 0 aliphatic carbocycles. The molecule has 1 aliphatic rings. The third kappa shape index (κ3) is 4.41. The highest BCUT2D eigenvalue weighted by Crippen LogP contribution is 2.22. The molecule has 3 aromatic rings. The van der Waals surface area contributed by atoms with Gasteiger partial charge in [-0.1, -0.05) is 12.1 Å². The molecule has 2 amide bonds. The van der Waals surface area contributed by atoms with Gasteiger partial charge in [-0.05, 0) is 48.5 Å². The molecule has 0 saturated carbocycles. The number of furan rings is 1. The molecule has 1 aliphatic heterocycles. The molecule has 1 aromatic heterocycles. The molecule has 0 spiro atoms. The van der Waals surface area contributed by atoms with Crippen molar-refractivity contribution in [1.29, 1.82) is 0 Å². The predicted octanol–water partition coefficient (Wildman–Crippen LogP) is 2.82. The summed E-state index contributed by atoms with van der Waals surface area (Å²) in [4.78, 5) is 26.9. The highest BCUT2D eigenvalue weighted by Gasteiger charge is 2.31. The van der Waals surface area contributed by atoms with Crippen LogP contribution in [-0.2, 0) is 10.0 Å². The number of anilines is 1. The largest absolute Gasteiger partial charge is 0.459 e. The summed E-state index contributed by atoms with van der Waals surface area (Å²) in [6.07, 6.45) is 1.38. The summed E-state index contributed by atoms with van der Waals surface area (Å²) < 4.78 is 45.0. The molecule has 2 aromatic carbocycles. The lowest BCUT2D eigenvalue weighted by Crippen LogP contribution is -2.50. The van der Waals surface area contributed by atoms with Gasteiger partial charge in [0.1, 0.15) is 5.82 Å². The van der Waals surface area contributed by atoms with Crippen LogP contribution in [0.4, 0.5) is 10.1 Å². The second-order valence-electron chi connectivity index (χ2n) is 7.13. The lowest BCUT2D eigenvalue weighted by molar-refractivity contribution is 0.0699. The molecule has 166 valence electrons. The Morgan fingerprint density at radius 1 is 0.906 bits per heavy atom. The first-order valence-corrected chi connectivity index (χ1v) is 11.3. The van der Waals surface area contributed by atoms with Crippen LogP contribution in [0.1, 0.15) is 20.9 Å². The van der Waals surface area contributed by atoms with E-state index < -0.39 is 21.7 Å². The number of sulfonamides is 1. The number of hydrogen-bond acceptors (Lipinski definition) is 5. The van der Waals surface area contributed by atoms with Crippen molar-refractivity contribution in [2.24, 2.45) is 0 Å². The number of piperazine rings is 1. The summed E-state index contributed by atoms with van der Waals surface area (Å²) in [5.41, 5.74) is 0.627. The third-order valence-electron chi connectivity index (χ3n) is 5.13. The van der Waals surface area contributed by atoms with Gasteiger partial charge in [-0.3, -0.25) is 9.59 Å². The highest BCUT2D eigenvalue weighted by atomic mass is 32.2. The van der Waals surface area contributed by atoms with Gasteiger partial charge in [0.25, 0.3) is 11.8 Å². The van der Waals surface area contributed by atoms with Crippen LogP contribution in [-0.4, -0.2) is 55.6 Å². The van der Waals surface area contributed by atoms with Crippen molar-refractivity contribution in [3.05, 3.63) is 84.1 Å². The van der Waals surface area contributed by atoms with Gasteiger partial charge in [-0.2, -0.15) is 4.31 Å². The Kier molecular flexibility index (Phi) is 6.06. The minimum Gasteiger partial charge on any atom is -0.459 e. The maximum Gasteiger partial charge on any atom is 0.291 e. The number of nitrogens with zero attached hydrogens (tertiary/aromatic N) is 2. The summed E-state index contributed by atoms with van der Waals surface area (Å²) in [5, 5.41) is 2.67. The molecule has 10 heteroatoms. The Bertz CT molecular complexity index is 1220. The SMILES string of the molecule is O=C(Nc1ccccc1C(=O)N1CCN(S(=O)(=O)c2ccc(F)cc2)CC1)c1ccco1. The summed E-state index contributed by atoms with van der Waals surface area (Å²) in [7, 11) is -3.78. The monoisotopic (exact) mass is 457 g/mol. The van der Waals surface area contributed by atoms with Gasteiger partial charge in [-0.25, -0.2) is 12.8 Å². The number of nitrogens with one attached hydrogen (secondary N) is 1. The fourth-order valence-corrected chi connectivity index (χ4v) is 4.85. The van der Waals surface area contributed by atoms with E-state index in [0.29, 0.717) is 11.3 Å². The minimum absolute atomic E-state index is 0.00432. The van der Waals surface area contributed by atoms with Gasteiger partial charge in [0.15, 0.2) is 5.76 Å². The average molecular weight is 457 g/mol. The molecule has 1 N–H and O–H groups in total. The van der Waals surface area contributed by atoms with Crippen molar-refractivity contribution in [3.8, 4) is 0 Å². The Morgan fingerprint density at radius 2 is 1.59 bits per heavy atom. The summed E-state index contributed by atoms with van der Waals surface area (Å²) >= 11 is 0. The van der Waals surface area contributed by atoms with E-state index in [1.165, 1.54) is 33.7 Å². The molecule has 2 heterocycles. The zero-order chi connectivity index (χ0) is 22.7. The number of para-hydroxylation sites is 1. The topological polar surface area (TPSA) is 99.9 Å². The molecular weight excluding hydrogens is 437 g/mol. The Balaban J connectivity index is 1.45. The second-order valence-corrected chi connectivity index (χ2v) is 9.07. The number of carbonyl (C=O) groups is 2. The maximum absolute atomic E-state index is 13.1. The fourth-order valence-electron chi connectivity index (χ4n) is 3.43. The minimum atomic E-state index is -3.78. The van der Waals surface area contributed by atoms with Gasteiger partial charge < -0.3 is 14.6 Å². The zero-order valence-corrected chi connectivity index (χ0v) is 17.7. The van der Waals surface area contributed by atoms with Crippen LogP contribution < -0.4 is 5.32 Å². The van der Waals surface area contributed by atoms with Crippen LogP contribution in [0.2, 0.25) is 0 Å². The summed E-state index contributed by atoms with van der Waals surface area (Å²) in [6.45, 7) is 0.568. The molecule has 32 heavy (non-hydrogen) atoms. The van der Waals surface area contributed by atoms with E-state index in [0.717, 1.165) is 12.1 Å². The third-order valence-corrected chi connectivity index (χ3v) is 7.04. The fraction of sp³-hybridized carbons (Fsp3) is 0.182. The first kappa shape index (κ1) is 21.7. The molecule has 0 bridgehead atoms. The Labute approximate surface area is 184 Å². The molecule has 0 atom stereocenters. The van der Waals surface area contributed by atoms with Crippen molar-refractivity contribution < 1.29 is 26.8 Å². The number of hydrogen-bond donors (Lipinski definition) is 1. The Hall–Kier alpha value is -3.50.